The predicted octanol–water partition coefficient (Wildman–Crippen LogP) is 3.79. The Kier molecular flexibility index (Phi) is 3.76. The molecule has 2 aromatic heterocycles. The predicted molar refractivity (Wildman–Crippen MR) is 84.8 cm³/mol. The molecule has 1 aromatic carbocycles. The van der Waals surface area contributed by atoms with Crippen LogP contribution in [0.4, 0.5) is 0 Å². The Balaban J connectivity index is 2.14. The zero-order valence-electron chi connectivity index (χ0n) is 11.5. The Morgan fingerprint density at radius 2 is 2.00 bits per heavy atom. The fraction of sp³-hybridized carbons (Fsp3) is 0.133. The molecule has 0 bridgehead atoms. The maximum absolute atomic E-state index is 11.1. The van der Waals surface area contributed by atoms with Crippen LogP contribution in [0.2, 0.25) is 10.0 Å². The Labute approximate surface area is 136 Å². The summed E-state index contributed by atoms with van der Waals surface area (Å²) in [6.07, 6.45) is 1.33. The van der Waals surface area contributed by atoms with E-state index in [2.05, 4.69) is 10.1 Å². The molecular weight excluding hydrogens is 325 g/mol. The Morgan fingerprint density at radius 3 is 2.64 bits per heavy atom. The zero-order chi connectivity index (χ0) is 15.9. The largest absolute Gasteiger partial charge is 0.478 e. The molecule has 0 radical (unpaired) electrons. The summed E-state index contributed by atoms with van der Waals surface area (Å²) < 4.78 is 1.66. The Hall–Kier alpha value is -2.11. The number of nitrogens with zero attached hydrogens (tertiary/aromatic N) is 3. The van der Waals surface area contributed by atoms with E-state index in [4.69, 9.17) is 28.3 Å². The lowest BCUT2D eigenvalue weighted by Gasteiger charge is -2.08. The summed E-state index contributed by atoms with van der Waals surface area (Å²) in [5.74, 6) is -1.03. The number of rotatable bonds is 3. The van der Waals surface area contributed by atoms with Gasteiger partial charge in [-0.15, -0.1) is 0 Å². The fourth-order valence-corrected chi connectivity index (χ4v) is 2.80. The van der Waals surface area contributed by atoms with Gasteiger partial charge in [0, 0.05) is 21.8 Å². The SMILES string of the molecule is Cc1nn(Cc2c(Cl)cccc2Cl)c2cc(C(=O)O)cnc12. The van der Waals surface area contributed by atoms with Crippen LogP contribution in [0.15, 0.2) is 30.5 Å². The first-order valence-corrected chi connectivity index (χ1v) is 7.22. The number of aryl methyl sites for hydroxylation is 1. The van der Waals surface area contributed by atoms with Crippen LogP contribution in [0.5, 0.6) is 0 Å². The second-order valence-corrected chi connectivity index (χ2v) is 5.65. The number of hydrogen-bond donors (Lipinski definition) is 1. The van der Waals surface area contributed by atoms with Crippen molar-refractivity contribution in [1.29, 1.82) is 0 Å². The van der Waals surface area contributed by atoms with Gasteiger partial charge in [-0.3, -0.25) is 9.67 Å². The number of halogens is 2. The number of carboxylic acids is 1. The van der Waals surface area contributed by atoms with Crippen LogP contribution in [0.25, 0.3) is 11.0 Å². The maximum atomic E-state index is 11.1. The molecule has 7 heteroatoms. The Bertz CT molecular complexity index is 870. The van der Waals surface area contributed by atoms with Crippen molar-refractivity contribution in [2.24, 2.45) is 0 Å². The minimum Gasteiger partial charge on any atom is -0.478 e. The first kappa shape index (κ1) is 14.8. The number of hydrogen-bond acceptors (Lipinski definition) is 3. The molecule has 3 aromatic rings. The van der Waals surface area contributed by atoms with Crippen molar-refractivity contribution in [1.82, 2.24) is 14.8 Å². The topological polar surface area (TPSA) is 68.0 Å². The molecule has 0 spiro atoms. The lowest BCUT2D eigenvalue weighted by Crippen LogP contribution is -2.04. The Morgan fingerprint density at radius 1 is 1.32 bits per heavy atom. The van der Waals surface area contributed by atoms with Crippen molar-refractivity contribution in [2.45, 2.75) is 13.5 Å². The third-order valence-electron chi connectivity index (χ3n) is 3.38. The first-order valence-electron chi connectivity index (χ1n) is 6.46. The number of aromatic nitrogens is 3. The van der Waals surface area contributed by atoms with Gasteiger partial charge in [0.2, 0.25) is 0 Å². The van der Waals surface area contributed by atoms with E-state index >= 15 is 0 Å². The first-order chi connectivity index (χ1) is 10.5. The quantitative estimate of drug-likeness (QED) is 0.790. The highest BCUT2D eigenvalue weighted by molar-refractivity contribution is 6.36. The standard InChI is InChI=1S/C15H11Cl2N3O2/c1-8-14-13(5-9(6-18-14)15(21)22)20(19-8)7-10-11(16)3-2-4-12(10)17/h2-6H,7H2,1H3,(H,21,22). The number of carbonyl (C=O) groups is 1. The molecule has 0 fully saturated rings. The van der Waals surface area contributed by atoms with Gasteiger partial charge in [0.05, 0.1) is 23.3 Å². The summed E-state index contributed by atoms with van der Waals surface area (Å²) in [4.78, 5) is 15.3. The number of fused-ring (bicyclic) bond motifs is 1. The zero-order valence-corrected chi connectivity index (χ0v) is 13.1. The van der Waals surface area contributed by atoms with Gasteiger partial charge in [0.15, 0.2) is 0 Å². The normalized spacial score (nSPS) is 11.0. The van der Waals surface area contributed by atoms with Crippen LogP contribution in [-0.2, 0) is 6.54 Å². The summed E-state index contributed by atoms with van der Waals surface area (Å²) in [5.41, 5.74) is 2.85. The molecule has 0 atom stereocenters. The van der Waals surface area contributed by atoms with Gasteiger partial charge in [-0.2, -0.15) is 5.10 Å². The monoisotopic (exact) mass is 335 g/mol. The van der Waals surface area contributed by atoms with E-state index in [9.17, 15) is 4.79 Å². The van der Waals surface area contributed by atoms with Gasteiger partial charge in [0.1, 0.15) is 5.52 Å². The van der Waals surface area contributed by atoms with E-state index < -0.39 is 5.97 Å². The second-order valence-electron chi connectivity index (χ2n) is 4.84. The van der Waals surface area contributed by atoms with Gasteiger partial charge in [-0.25, -0.2) is 4.79 Å². The summed E-state index contributed by atoms with van der Waals surface area (Å²) in [5, 5.41) is 14.6. The van der Waals surface area contributed by atoms with Crippen molar-refractivity contribution in [2.75, 3.05) is 0 Å². The van der Waals surface area contributed by atoms with Gasteiger partial charge in [-0.1, -0.05) is 29.3 Å². The molecule has 22 heavy (non-hydrogen) atoms. The highest BCUT2D eigenvalue weighted by Gasteiger charge is 2.14. The lowest BCUT2D eigenvalue weighted by atomic mass is 10.2. The summed E-state index contributed by atoms with van der Waals surface area (Å²) >= 11 is 12.4. The van der Waals surface area contributed by atoms with E-state index in [0.29, 0.717) is 27.6 Å². The number of pyridine rings is 1. The number of carboxylic acid groups (broad SMARTS) is 1. The van der Waals surface area contributed by atoms with Crippen LogP contribution in [0, 0.1) is 6.92 Å². The van der Waals surface area contributed by atoms with Crippen LogP contribution in [0.3, 0.4) is 0 Å². The second kappa shape index (κ2) is 5.59. The molecule has 0 amide bonds. The summed E-state index contributed by atoms with van der Waals surface area (Å²) in [6, 6.07) is 6.82. The highest BCUT2D eigenvalue weighted by atomic mass is 35.5. The van der Waals surface area contributed by atoms with Crippen LogP contribution in [-0.4, -0.2) is 25.8 Å². The van der Waals surface area contributed by atoms with Crippen LogP contribution < -0.4 is 0 Å². The van der Waals surface area contributed by atoms with Gasteiger partial charge in [-0.05, 0) is 25.1 Å². The van der Waals surface area contributed by atoms with Gasteiger partial charge in [0.25, 0.3) is 0 Å². The summed E-state index contributed by atoms with van der Waals surface area (Å²) in [6.45, 7) is 2.16. The van der Waals surface area contributed by atoms with Gasteiger partial charge < -0.3 is 5.11 Å². The van der Waals surface area contributed by atoms with Gasteiger partial charge >= 0.3 is 5.97 Å². The molecule has 0 aliphatic rings. The number of aromatic carboxylic acids is 1. The van der Waals surface area contributed by atoms with E-state index in [-0.39, 0.29) is 5.56 Å². The van der Waals surface area contributed by atoms with Crippen molar-refractivity contribution in [3.63, 3.8) is 0 Å². The highest BCUT2D eigenvalue weighted by Crippen LogP contribution is 2.27. The van der Waals surface area contributed by atoms with Crippen molar-refractivity contribution >= 4 is 40.2 Å². The van der Waals surface area contributed by atoms with Crippen molar-refractivity contribution in [3.8, 4) is 0 Å². The third kappa shape index (κ3) is 2.53. The minimum absolute atomic E-state index is 0.110. The average molecular weight is 336 g/mol. The molecule has 0 saturated carbocycles. The lowest BCUT2D eigenvalue weighted by molar-refractivity contribution is 0.0696. The molecule has 0 aliphatic heterocycles. The molecule has 0 saturated heterocycles. The minimum atomic E-state index is -1.03. The van der Waals surface area contributed by atoms with E-state index in [1.807, 2.05) is 6.92 Å². The van der Waals surface area contributed by atoms with Crippen LogP contribution >= 0.6 is 23.2 Å². The molecular formula is C15H11Cl2N3O2. The molecule has 3 rings (SSSR count). The van der Waals surface area contributed by atoms with E-state index in [1.54, 1.807) is 28.9 Å². The van der Waals surface area contributed by atoms with Crippen LogP contribution in [0.1, 0.15) is 21.6 Å². The third-order valence-corrected chi connectivity index (χ3v) is 4.08. The molecule has 112 valence electrons. The molecule has 2 heterocycles. The smallest absolute Gasteiger partial charge is 0.337 e. The van der Waals surface area contributed by atoms with Crippen molar-refractivity contribution < 1.29 is 9.90 Å². The van der Waals surface area contributed by atoms with Crippen molar-refractivity contribution in [3.05, 3.63) is 57.3 Å². The number of benzene rings is 1. The summed E-state index contributed by atoms with van der Waals surface area (Å²) in [7, 11) is 0. The molecule has 1 N–H and O–H groups in total. The average Bonchev–Trinajstić information content (AvgIpc) is 2.79. The fourth-order valence-electron chi connectivity index (χ4n) is 2.28. The molecule has 0 unspecified atom stereocenters. The maximum Gasteiger partial charge on any atom is 0.337 e. The molecule has 0 aliphatic carbocycles. The van der Waals surface area contributed by atoms with E-state index in [0.717, 1.165) is 11.3 Å². The molecule has 5 nitrogen and oxygen atoms in total. The van der Waals surface area contributed by atoms with E-state index in [1.165, 1.54) is 6.20 Å².